The monoisotopic (exact) mass is 319 g/mol. The number of hydrogen-bond donors (Lipinski definition) is 2. The minimum Gasteiger partial charge on any atom is -0.507 e. The number of carbonyl (C=O) groups is 1. The number of halogens is 1. The van der Waals surface area contributed by atoms with Gasteiger partial charge in [-0.2, -0.15) is 0 Å². The zero-order valence-corrected chi connectivity index (χ0v) is 12.3. The topological polar surface area (TPSA) is 49.3 Å². The molecule has 19 heavy (non-hydrogen) atoms. The van der Waals surface area contributed by atoms with Crippen molar-refractivity contribution >= 4 is 27.5 Å². The molecule has 0 spiro atoms. The fourth-order valence-electron chi connectivity index (χ4n) is 1.82. The van der Waals surface area contributed by atoms with Crippen LogP contribution in [0.5, 0.6) is 5.75 Å². The van der Waals surface area contributed by atoms with Crippen LogP contribution in [0.25, 0.3) is 0 Å². The summed E-state index contributed by atoms with van der Waals surface area (Å²) in [5.41, 5.74) is 2.69. The van der Waals surface area contributed by atoms with Crippen LogP contribution in [-0.4, -0.2) is 11.0 Å². The summed E-state index contributed by atoms with van der Waals surface area (Å²) in [6.45, 7) is 3.59. The van der Waals surface area contributed by atoms with Gasteiger partial charge in [0.2, 0.25) is 0 Å². The summed E-state index contributed by atoms with van der Waals surface area (Å²) < 4.78 is 0.694. The maximum absolute atomic E-state index is 12.1. The second-order valence-corrected chi connectivity index (χ2v) is 5.14. The number of nitrogens with one attached hydrogen (secondary N) is 1. The third-order valence-electron chi connectivity index (χ3n) is 2.94. The van der Waals surface area contributed by atoms with Crippen LogP contribution in [0.2, 0.25) is 0 Å². The van der Waals surface area contributed by atoms with Crippen molar-refractivity contribution in [2.45, 2.75) is 13.8 Å². The fourth-order valence-corrected chi connectivity index (χ4v) is 2.23. The number of rotatable bonds is 2. The van der Waals surface area contributed by atoms with Gasteiger partial charge in [0.25, 0.3) is 5.91 Å². The molecule has 0 aromatic heterocycles. The smallest absolute Gasteiger partial charge is 0.255 e. The summed E-state index contributed by atoms with van der Waals surface area (Å²) in [5.74, 6) is 0.0652. The van der Waals surface area contributed by atoms with Gasteiger partial charge in [0, 0.05) is 15.6 Å². The average molecular weight is 320 g/mol. The van der Waals surface area contributed by atoms with Crippen molar-refractivity contribution in [2.75, 3.05) is 5.32 Å². The van der Waals surface area contributed by atoms with Crippen LogP contribution in [-0.2, 0) is 0 Å². The molecule has 1 amide bonds. The van der Waals surface area contributed by atoms with E-state index in [9.17, 15) is 9.90 Å². The molecule has 2 aromatic rings. The van der Waals surface area contributed by atoms with E-state index in [1.165, 1.54) is 0 Å². The Balaban J connectivity index is 2.32. The first kappa shape index (κ1) is 13.6. The molecule has 0 heterocycles. The van der Waals surface area contributed by atoms with E-state index in [-0.39, 0.29) is 11.7 Å². The summed E-state index contributed by atoms with van der Waals surface area (Å²) in [6, 6.07) is 10.7. The number of benzene rings is 2. The van der Waals surface area contributed by atoms with Crippen molar-refractivity contribution in [3.05, 3.63) is 57.6 Å². The molecule has 2 aromatic carbocycles. The molecule has 2 rings (SSSR count). The molecular formula is C15H14BrNO2. The minimum absolute atomic E-state index is 0.175. The van der Waals surface area contributed by atoms with E-state index in [4.69, 9.17) is 0 Å². The molecule has 4 heteroatoms. The van der Waals surface area contributed by atoms with Crippen molar-refractivity contribution in [3.63, 3.8) is 0 Å². The summed E-state index contributed by atoms with van der Waals surface area (Å²) in [5, 5.41) is 12.7. The van der Waals surface area contributed by atoms with Gasteiger partial charge in [0.15, 0.2) is 0 Å². The maximum Gasteiger partial charge on any atom is 0.255 e. The van der Waals surface area contributed by atoms with Crippen LogP contribution in [0.3, 0.4) is 0 Å². The van der Waals surface area contributed by atoms with E-state index in [0.29, 0.717) is 21.3 Å². The molecule has 98 valence electrons. The summed E-state index contributed by atoms with van der Waals surface area (Å²) in [4.78, 5) is 12.1. The molecule has 0 saturated carbocycles. The van der Waals surface area contributed by atoms with Gasteiger partial charge in [-0.1, -0.05) is 18.2 Å². The Bertz CT molecular complexity index is 624. The fraction of sp³-hybridized carbons (Fsp3) is 0.133. The molecular weight excluding hydrogens is 306 g/mol. The van der Waals surface area contributed by atoms with Crippen molar-refractivity contribution in [1.82, 2.24) is 0 Å². The van der Waals surface area contributed by atoms with Gasteiger partial charge in [0.1, 0.15) is 5.75 Å². The van der Waals surface area contributed by atoms with Crippen LogP contribution in [0.4, 0.5) is 5.69 Å². The summed E-state index contributed by atoms with van der Waals surface area (Å²) in [7, 11) is 0. The molecule has 0 aliphatic carbocycles. The molecule has 0 bridgehead atoms. The second kappa shape index (κ2) is 5.45. The molecule has 0 unspecified atom stereocenters. The van der Waals surface area contributed by atoms with Gasteiger partial charge in [0.05, 0.1) is 5.69 Å². The van der Waals surface area contributed by atoms with Gasteiger partial charge in [-0.25, -0.2) is 0 Å². The predicted octanol–water partition coefficient (Wildman–Crippen LogP) is 4.02. The Hall–Kier alpha value is -1.81. The zero-order valence-electron chi connectivity index (χ0n) is 10.7. The average Bonchev–Trinajstić information content (AvgIpc) is 2.43. The minimum atomic E-state index is -0.175. The van der Waals surface area contributed by atoms with E-state index in [0.717, 1.165) is 5.56 Å². The SMILES string of the molecule is Cc1cc(NC(=O)c2ccccc2)c(Br)c(C)c1O. The molecule has 0 aliphatic rings. The van der Waals surface area contributed by atoms with Gasteiger partial charge in [-0.05, 0) is 53.5 Å². The Kier molecular flexibility index (Phi) is 3.90. The van der Waals surface area contributed by atoms with E-state index < -0.39 is 0 Å². The number of phenols is 1. The quantitative estimate of drug-likeness (QED) is 0.821. The Morgan fingerprint density at radius 3 is 2.47 bits per heavy atom. The Labute approximate surface area is 120 Å². The maximum atomic E-state index is 12.1. The van der Waals surface area contributed by atoms with Crippen molar-refractivity contribution in [2.24, 2.45) is 0 Å². The number of phenolic OH excluding ortho intramolecular Hbond substituents is 1. The van der Waals surface area contributed by atoms with Gasteiger partial charge >= 0.3 is 0 Å². The lowest BCUT2D eigenvalue weighted by Crippen LogP contribution is -2.12. The van der Waals surface area contributed by atoms with Crippen molar-refractivity contribution < 1.29 is 9.90 Å². The number of aryl methyl sites for hydroxylation is 1. The third kappa shape index (κ3) is 2.79. The summed E-state index contributed by atoms with van der Waals surface area (Å²) in [6.07, 6.45) is 0. The molecule has 0 saturated heterocycles. The number of amides is 1. The van der Waals surface area contributed by atoms with Gasteiger partial charge in [-0.15, -0.1) is 0 Å². The van der Waals surface area contributed by atoms with E-state index in [2.05, 4.69) is 21.2 Å². The standard InChI is InChI=1S/C15H14BrNO2/c1-9-8-12(13(16)10(2)14(9)18)17-15(19)11-6-4-3-5-7-11/h3-8,18H,1-2H3,(H,17,19). The first-order chi connectivity index (χ1) is 9.00. The Morgan fingerprint density at radius 1 is 1.21 bits per heavy atom. The lowest BCUT2D eigenvalue weighted by atomic mass is 10.1. The van der Waals surface area contributed by atoms with Crippen LogP contribution < -0.4 is 5.32 Å². The molecule has 0 radical (unpaired) electrons. The van der Waals surface area contributed by atoms with Crippen molar-refractivity contribution in [1.29, 1.82) is 0 Å². The number of anilines is 1. The highest BCUT2D eigenvalue weighted by Gasteiger charge is 2.13. The number of carbonyl (C=O) groups excluding carboxylic acids is 1. The number of hydrogen-bond acceptors (Lipinski definition) is 2. The van der Waals surface area contributed by atoms with E-state index in [1.54, 1.807) is 32.0 Å². The Morgan fingerprint density at radius 2 is 1.84 bits per heavy atom. The van der Waals surface area contributed by atoms with Crippen LogP contribution in [0, 0.1) is 13.8 Å². The van der Waals surface area contributed by atoms with E-state index in [1.807, 2.05) is 18.2 Å². The normalized spacial score (nSPS) is 10.3. The van der Waals surface area contributed by atoms with Crippen LogP contribution in [0.1, 0.15) is 21.5 Å². The molecule has 0 aliphatic heterocycles. The second-order valence-electron chi connectivity index (χ2n) is 4.35. The summed E-state index contributed by atoms with van der Waals surface area (Å²) >= 11 is 3.39. The zero-order chi connectivity index (χ0) is 14.0. The lowest BCUT2D eigenvalue weighted by molar-refractivity contribution is 0.102. The number of aromatic hydroxyl groups is 1. The van der Waals surface area contributed by atoms with E-state index >= 15 is 0 Å². The van der Waals surface area contributed by atoms with Crippen LogP contribution >= 0.6 is 15.9 Å². The first-order valence-corrected chi connectivity index (χ1v) is 6.65. The largest absolute Gasteiger partial charge is 0.507 e. The van der Waals surface area contributed by atoms with Crippen LogP contribution in [0.15, 0.2) is 40.9 Å². The molecule has 2 N–H and O–H groups in total. The molecule has 3 nitrogen and oxygen atoms in total. The van der Waals surface area contributed by atoms with Crippen molar-refractivity contribution in [3.8, 4) is 5.75 Å². The lowest BCUT2D eigenvalue weighted by Gasteiger charge is -2.13. The predicted molar refractivity (Wildman–Crippen MR) is 79.7 cm³/mol. The highest BCUT2D eigenvalue weighted by Crippen LogP contribution is 2.35. The molecule has 0 atom stereocenters. The van der Waals surface area contributed by atoms with Gasteiger partial charge in [-0.3, -0.25) is 4.79 Å². The van der Waals surface area contributed by atoms with Gasteiger partial charge < -0.3 is 10.4 Å². The molecule has 0 fully saturated rings. The first-order valence-electron chi connectivity index (χ1n) is 5.85. The third-order valence-corrected chi connectivity index (χ3v) is 3.96. The highest BCUT2D eigenvalue weighted by molar-refractivity contribution is 9.10. The highest BCUT2D eigenvalue weighted by atomic mass is 79.9.